The molecule has 1 heteroatoms. The molecule has 0 amide bonds. The van der Waals surface area contributed by atoms with Crippen LogP contribution in [0.3, 0.4) is 0 Å². The third kappa shape index (κ3) is 5.76. The SMILES string of the molecule is C=C(/C=C\C(=C/CC)c1c2ccccc2c(-c2ccc3ccccc3c2)c2ccccc12)N(C(=C)c1ccccc1)c1ccccc1C. The van der Waals surface area contributed by atoms with Crippen molar-refractivity contribution >= 4 is 49.3 Å². The van der Waals surface area contributed by atoms with E-state index < -0.39 is 0 Å². The molecule has 0 heterocycles. The van der Waals surface area contributed by atoms with E-state index in [9.17, 15) is 0 Å². The molecule has 0 radical (unpaired) electrons. The molecular formula is C47H39N. The zero-order valence-corrected chi connectivity index (χ0v) is 27.7. The van der Waals surface area contributed by atoms with Gasteiger partial charge < -0.3 is 4.90 Å². The van der Waals surface area contributed by atoms with Gasteiger partial charge in [-0.2, -0.15) is 0 Å². The van der Waals surface area contributed by atoms with Gasteiger partial charge in [0.25, 0.3) is 0 Å². The molecule has 0 N–H and O–H groups in total. The molecule has 0 fully saturated rings. The second kappa shape index (κ2) is 13.4. The summed E-state index contributed by atoms with van der Waals surface area (Å²) in [5, 5.41) is 7.46. The zero-order valence-electron chi connectivity index (χ0n) is 27.7. The van der Waals surface area contributed by atoms with Crippen LogP contribution in [0, 0.1) is 6.92 Å². The number of para-hydroxylation sites is 1. The van der Waals surface area contributed by atoms with Gasteiger partial charge in [0.15, 0.2) is 0 Å². The Morgan fingerprint density at radius 3 is 1.85 bits per heavy atom. The summed E-state index contributed by atoms with van der Waals surface area (Å²) in [7, 11) is 0. The Bertz CT molecular complexity index is 2310. The van der Waals surface area contributed by atoms with E-state index in [0.717, 1.165) is 34.6 Å². The highest BCUT2D eigenvalue weighted by molar-refractivity contribution is 6.19. The molecule has 1 nitrogen and oxygen atoms in total. The van der Waals surface area contributed by atoms with Crippen molar-refractivity contribution in [3.05, 3.63) is 199 Å². The highest BCUT2D eigenvalue weighted by Gasteiger charge is 2.19. The van der Waals surface area contributed by atoms with Crippen LogP contribution in [0.25, 0.3) is 54.7 Å². The molecule has 0 aromatic heterocycles. The Morgan fingerprint density at radius 2 is 1.19 bits per heavy atom. The number of nitrogens with zero attached hydrogens (tertiary/aromatic N) is 1. The summed E-state index contributed by atoms with van der Waals surface area (Å²) >= 11 is 0. The number of allylic oxidation sites excluding steroid dienone is 4. The number of aryl methyl sites for hydroxylation is 1. The van der Waals surface area contributed by atoms with E-state index in [0.29, 0.717) is 0 Å². The lowest BCUT2D eigenvalue weighted by molar-refractivity contribution is 1.20. The van der Waals surface area contributed by atoms with E-state index in [1.165, 1.54) is 54.6 Å². The largest absolute Gasteiger partial charge is 0.311 e. The molecule has 0 saturated carbocycles. The number of fused-ring (bicyclic) bond motifs is 3. The topological polar surface area (TPSA) is 3.24 Å². The summed E-state index contributed by atoms with van der Waals surface area (Å²) in [6.45, 7) is 13.5. The monoisotopic (exact) mass is 617 g/mol. The lowest BCUT2D eigenvalue weighted by Gasteiger charge is -2.29. The van der Waals surface area contributed by atoms with Crippen LogP contribution in [-0.4, -0.2) is 0 Å². The Kier molecular flexibility index (Phi) is 8.60. The normalized spacial score (nSPS) is 11.8. The van der Waals surface area contributed by atoms with Crippen molar-refractivity contribution in [2.45, 2.75) is 20.3 Å². The summed E-state index contributed by atoms with van der Waals surface area (Å²) in [4.78, 5) is 2.17. The van der Waals surface area contributed by atoms with E-state index in [1.54, 1.807) is 0 Å². The third-order valence-electron chi connectivity index (χ3n) is 9.16. The lowest BCUT2D eigenvalue weighted by Crippen LogP contribution is -2.19. The van der Waals surface area contributed by atoms with E-state index >= 15 is 0 Å². The van der Waals surface area contributed by atoms with Gasteiger partial charge in [0.1, 0.15) is 0 Å². The van der Waals surface area contributed by atoms with Crippen molar-refractivity contribution < 1.29 is 0 Å². The Balaban J connectivity index is 1.38. The van der Waals surface area contributed by atoms with Gasteiger partial charge in [-0.25, -0.2) is 0 Å². The van der Waals surface area contributed by atoms with Gasteiger partial charge in [-0.3, -0.25) is 0 Å². The molecule has 0 saturated heterocycles. The standard InChI is InChI=1S/C47H39N/c1-5-17-38(29-28-34(3)48(45-27-16-9-18-33(45)2)35(4)36-19-7-6-8-20-36)46-41-23-12-14-25-43(41)47(44-26-15-13-24-42(44)46)40-31-30-37-21-10-11-22-39(37)32-40/h6-32H,3-5H2,1-2H3/b29-28-,38-17+. The quantitative estimate of drug-likeness (QED) is 0.115. The van der Waals surface area contributed by atoms with Crippen molar-refractivity contribution in [3.63, 3.8) is 0 Å². The van der Waals surface area contributed by atoms with Crippen molar-refractivity contribution in [2.24, 2.45) is 0 Å². The van der Waals surface area contributed by atoms with Crippen LogP contribution in [-0.2, 0) is 0 Å². The summed E-state index contributed by atoms with van der Waals surface area (Å²) in [6, 6.07) is 51.9. The molecular weight excluding hydrogens is 579 g/mol. The van der Waals surface area contributed by atoms with Crippen LogP contribution < -0.4 is 4.90 Å². The minimum atomic E-state index is 0.849. The molecule has 48 heavy (non-hydrogen) atoms. The Labute approximate surface area is 284 Å². The maximum atomic E-state index is 4.60. The van der Waals surface area contributed by atoms with Gasteiger partial charge in [-0.1, -0.05) is 166 Å². The predicted molar refractivity (Wildman–Crippen MR) is 210 cm³/mol. The third-order valence-corrected chi connectivity index (χ3v) is 9.16. The first-order chi connectivity index (χ1) is 23.5. The van der Waals surface area contributed by atoms with Gasteiger partial charge in [-0.15, -0.1) is 0 Å². The fourth-order valence-electron chi connectivity index (χ4n) is 6.88. The predicted octanol–water partition coefficient (Wildman–Crippen LogP) is 13.2. The van der Waals surface area contributed by atoms with Crippen molar-refractivity contribution in [1.29, 1.82) is 0 Å². The maximum absolute atomic E-state index is 4.60. The summed E-state index contributed by atoms with van der Waals surface area (Å²) in [6.07, 6.45) is 7.61. The number of benzene rings is 7. The molecule has 7 aromatic rings. The van der Waals surface area contributed by atoms with Gasteiger partial charge in [0.2, 0.25) is 0 Å². The highest BCUT2D eigenvalue weighted by atomic mass is 15.2. The fourth-order valence-corrected chi connectivity index (χ4v) is 6.88. The van der Waals surface area contributed by atoms with Crippen LogP contribution in [0.4, 0.5) is 5.69 Å². The molecule has 0 aliphatic carbocycles. The number of anilines is 1. The minimum Gasteiger partial charge on any atom is -0.311 e. The maximum Gasteiger partial charge on any atom is 0.0490 e. The second-order valence-electron chi connectivity index (χ2n) is 12.2. The van der Waals surface area contributed by atoms with Crippen LogP contribution in [0.2, 0.25) is 0 Å². The summed E-state index contributed by atoms with van der Waals surface area (Å²) < 4.78 is 0. The average Bonchev–Trinajstić information content (AvgIpc) is 3.13. The molecule has 232 valence electrons. The van der Waals surface area contributed by atoms with Gasteiger partial charge in [0.05, 0.1) is 0 Å². The van der Waals surface area contributed by atoms with Gasteiger partial charge in [-0.05, 0) is 97.3 Å². The number of hydrogen-bond donors (Lipinski definition) is 0. The second-order valence-corrected chi connectivity index (χ2v) is 12.2. The molecule has 7 rings (SSSR count). The van der Waals surface area contributed by atoms with Gasteiger partial charge in [0, 0.05) is 17.1 Å². The summed E-state index contributed by atoms with van der Waals surface area (Å²) in [5.41, 5.74) is 9.92. The zero-order chi connectivity index (χ0) is 33.0. The molecule has 0 bridgehead atoms. The Hall–Kier alpha value is -5.92. The number of hydrogen-bond acceptors (Lipinski definition) is 1. The Morgan fingerprint density at radius 1 is 0.604 bits per heavy atom. The fraction of sp³-hybridized carbons (Fsp3) is 0.0638. The van der Waals surface area contributed by atoms with Crippen LogP contribution in [0.5, 0.6) is 0 Å². The summed E-state index contributed by atoms with van der Waals surface area (Å²) in [5.74, 6) is 0. The minimum absolute atomic E-state index is 0.849. The first-order valence-electron chi connectivity index (χ1n) is 16.7. The smallest absolute Gasteiger partial charge is 0.0490 e. The van der Waals surface area contributed by atoms with Crippen molar-refractivity contribution in [3.8, 4) is 11.1 Å². The molecule has 0 aliphatic heterocycles. The van der Waals surface area contributed by atoms with E-state index in [1.807, 2.05) is 6.07 Å². The molecule has 0 aliphatic rings. The molecule has 0 atom stereocenters. The first-order valence-corrected chi connectivity index (χ1v) is 16.7. The average molecular weight is 618 g/mol. The van der Waals surface area contributed by atoms with E-state index in [4.69, 9.17) is 0 Å². The van der Waals surface area contributed by atoms with Crippen molar-refractivity contribution in [2.75, 3.05) is 4.90 Å². The molecule has 0 spiro atoms. The number of rotatable bonds is 9. The highest BCUT2D eigenvalue weighted by Crippen LogP contribution is 2.43. The van der Waals surface area contributed by atoms with Crippen LogP contribution >= 0.6 is 0 Å². The molecule has 7 aromatic carbocycles. The van der Waals surface area contributed by atoms with Crippen LogP contribution in [0.15, 0.2) is 183 Å². The van der Waals surface area contributed by atoms with E-state index in [2.05, 4.69) is 190 Å². The van der Waals surface area contributed by atoms with E-state index in [-0.39, 0.29) is 0 Å². The molecule has 0 unspecified atom stereocenters. The van der Waals surface area contributed by atoms with Crippen LogP contribution in [0.1, 0.15) is 30.0 Å². The van der Waals surface area contributed by atoms with Crippen molar-refractivity contribution in [1.82, 2.24) is 0 Å². The van der Waals surface area contributed by atoms with Gasteiger partial charge >= 0.3 is 0 Å². The first kappa shape index (κ1) is 30.7. The lowest BCUT2D eigenvalue weighted by atomic mass is 9.85.